The highest BCUT2D eigenvalue weighted by atomic mass is 16.2. The molecule has 0 N–H and O–H groups in total. The third-order valence-corrected chi connectivity index (χ3v) is 3.27. The Hall–Kier alpha value is -2.24. The number of aromatic nitrogens is 4. The van der Waals surface area contributed by atoms with Gasteiger partial charge >= 0.3 is 0 Å². The average Bonchev–Trinajstić information content (AvgIpc) is 2.93. The van der Waals surface area contributed by atoms with Gasteiger partial charge in [-0.25, -0.2) is 4.98 Å². The molecule has 0 unspecified atom stereocenters. The summed E-state index contributed by atoms with van der Waals surface area (Å²) in [7, 11) is 1.82. The second-order valence-corrected chi connectivity index (χ2v) is 5.02. The van der Waals surface area contributed by atoms with E-state index in [2.05, 4.69) is 15.1 Å². The van der Waals surface area contributed by atoms with Gasteiger partial charge in [0.05, 0.1) is 12.5 Å². The maximum absolute atomic E-state index is 12.3. The van der Waals surface area contributed by atoms with E-state index in [0.717, 1.165) is 11.1 Å². The van der Waals surface area contributed by atoms with Crippen LogP contribution >= 0.6 is 0 Å². The van der Waals surface area contributed by atoms with Crippen LogP contribution in [0.3, 0.4) is 0 Å². The van der Waals surface area contributed by atoms with E-state index < -0.39 is 0 Å². The van der Waals surface area contributed by atoms with Crippen LogP contribution in [0.5, 0.6) is 0 Å². The molecule has 0 bridgehead atoms. The van der Waals surface area contributed by atoms with Gasteiger partial charge in [0.1, 0.15) is 12.7 Å². The zero-order valence-electron chi connectivity index (χ0n) is 12.0. The van der Waals surface area contributed by atoms with Gasteiger partial charge in [-0.15, -0.1) is 0 Å². The second kappa shape index (κ2) is 6.27. The van der Waals surface area contributed by atoms with Crippen molar-refractivity contribution in [1.29, 1.82) is 0 Å². The molecule has 2 heterocycles. The molecule has 106 valence electrons. The third-order valence-electron chi connectivity index (χ3n) is 3.27. The van der Waals surface area contributed by atoms with Gasteiger partial charge in [-0.3, -0.25) is 14.5 Å². The molecule has 1 atom stereocenters. The Morgan fingerprint density at radius 1 is 1.45 bits per heavy atom. The Balaban J connectivity index is 1.96. The van der Waals surface area contributed by atoms with Crippen molar-refractivity contribution in [3.63, 3.8) is 0 Å². The summed E-state index contributed by atoms with van der Waals surface area (Å²) in [5.74, 6) is -0.0412. The fourth-order valence-corrected chi connectivity index (χ4v) is 2.07. The Morgan fingerprint density at radius 3 is 2.90 bits per heavy atom. The predicted molar refractivity (Wildman–Crippen MR) is 74.6 cm³/mol. The van der Waals surface area contributed by atoms with Crippen molar-refractivity contribution in [2.24, 2.45) is 5.92 Å². The lowest BCUT2D eigenvalue weighted by molar-refractivity contribution is -0.134. The number of pyridine rings is 1. The smallest absolute Gasteiger partial charge is 0.227 e. The minimum absolute atomic E-state index is 0.0942. The molecule has 0 aliphatic carbocycles. The highest BCUT2D eigenvalue weighted by Gasteiger charge is 2.18. The van der Waals surface area contributed by atoms with E-state index in [1.165, 1.54) is 6.33 Å². The topological polar surface area (TPSA) is 63.9 Å². The average molecular weight is 273 g/mol. The first-order valence-electron chi connectivity index (χ1n) is 6.55. The number of aryl methyl sites for hydroxylation is 1. The van der Waals surface area contributed by atoms with E-state index in [-0.39, 0.29) is 11.8 Å². The summed E-state index contributed by atoms with van der Waals surface area (Å²) in [6.45, 7) is 5.03. The zero-order valence-corrected chi connectivity index (χ0v) is 12.0. The van der Waals surface area contributed by atoms with Crippen LogP contribution in [0.25, 0.3) is 0 Å². The summed E-state index contributed by atoms with van der Waals surface area (Å²) in [6, 6.07) is 1.95. The number of carbonyl (C=O) groups excluding carboxylic acids is 1. The summed E-state index contributed by atoms with van der Waals surface area (Å²) >= 11 is 0. The number of hydrogen-bond donors (Lipinski definition) is 0. The quantitative estimate of drug-likeness (QED) is 0.823. The van der Waals surface area contributed by atoms with Gasteiger partial charge < -0.3 is 4.90 Å². The lowest BCUT2D eigenvalue weighted by Gasteiger charge is -2.22. The van der Waals surface area contributed by atoms with E-state index in [4.69, 9.17) is 0 Å². The Labute approximate surface area is 118 Å². The molecule has 2 rings (SSSR count). The highest BCUT2D eigenvalue weighted by Crippen LogP contribution is 2.11. The lowest BCUT2D eigenvalue weighted by atomic mass is 10.1. The zero-order chi connectivity index (χ0) is 14.5. The van der Waals surface area contributed by atoms with Crippen molar-refractivity contribution in [3.8, 4) is 0 Å². The normalized spacial score (nSPS) is 12.2. The molecule has 2 aromatic rings. The van der Waals surface area contributed by atoms with Crippen molar-refractivity contribution < 1.29 is 4.79 Å². The largest absolute Gasteiger partial charge is 0.341 e. The standard InChI is InChI=1S/C14H19N5O/c1-11-6-15-5-4-13(11)8-18(3)14(20)12(2)7-19-10-16-9-17-19/h4-6,9-10,12H,7-8H2,1-3H3/t12-/m1/s1. The maximum Gasteiger partial charge on any atom is 0.227 e. The second-order valence-electron chi connectivity index (χ2n) is 5.02. The Kier molecular flexibility index (Phi) is 4.45. The number of carbonyl (C=O) groups is 1. The molecule has 0 saturated heterocycles. The van der Waals surface area contributed by atoms with Crippen molar-refractivity contribution in [2.75, 3.05) is 7.05 Å². The van der Waals surface area contributed by atoms with E-state index in [1.807, 2.05) is 33.2 Å². The molecule has 0 saturated carbocycles. The fraction of sp³-hybridized carbons (Fsp3) is 0.429. The van der Waals surface area contributed by atoms with Gasteiger partial charge in [0.15, 0.2) is 0 Å². The predicted octanol–water partition coefficient (Wildman–Crippen LogP) is 1.28. The Morgan fingerprint density at radius 2 is 2.25 bits per heavy atom. The monoisotopic (exact) mass is 273 g/mol. The lowest BCUT2D eigenvalue weighted by Crippen LogP contribution is -2.33. The molecular weight excluding hydrogens is 254 g/mol. The summed E-state index contributed by atoms with van der Waals surface area (Å²) in [6.07, 6.45) is 6.66. The first-order valence-corrected chi connectivity index (χ1v) is 6.55. The summed E-state index contributed by atoms with van der Waals surface area (Å²) < 4.78 is 1.67. The molecule has 6 heteroatoms. The molecule has 0 radical (unpaired) electrons. The van der Waals surface area contributed by atoms with E-state index in [9.17, 15) is 4.79 Å². The van der Waals surface area contributed by atoms with Crippen LogP contribution in [-0.2, 0) is 17.9 Å². The molecule has 0 aliphatic rings. The van der Waals surface area contributed by atoms with Gasteiger partial charge in [-0.1, -0.05) is 6.92 Å². The van der Waals surface area contributed by atoms with Crippen LogP contribution in [0.15, 0.2) is 31.1 Å². The van der Waals surface area contributed by atoms with Crippen molar-refractivity contribution in [2.45, 2.75) is 26.9 Å². The summed E-state index contributed by atoms with van der Waals surface area (Å²) in [5.41, 5.74) is 2.21. The Bertz CT molecular complexity index is 567. The number of amides is 1. The van der Waals surface area contributed by atoms with E-state index >= 15 is 0 Å². The van der Waals surface area contributed by atoms with Gasteiger partial charge in [0.25, 0.3) is 0 Å². The van der Waals surface area contributed by atoms with Crippen molar-refractivity contribution in [1.82, 2.24) is 24.6 Å². The van der Waals surface area contributed by atoms with Crippen molar-refractivity contribution in [3.05, 3.63) is 42.2 Å². The van der Waals surface area contributed by atoms with Crippen LogP contribution < -0.4 is 0 Å². The first kappa shape index (κ1) is 14.2. The molecule has 0 fully saturated rings. The molecule has 0 aliphatic heterocycles. The van der Waals surface area contributed by atoms with Crippen LogP contribution in [0.2, 0.25) is 0 Å². The third kappa shape index (κ3) is 3.40. The van der Waals surface area contributed by atoms with Gasteiger partial charge in [0.2, 0.25) is 5.91 Å². The number of hydrogen-bond acceptors (Lipinski definition) is 4. The van der Waals surface area contributed by atoms with Crippen LogP contribution in [0.4, 0.5) is 0 Å². The van der Waals surface area contributed by atoms with Crippen LogP contribution in [0.1, 0.15) is 18.1 Å². The van der Waals surface area contributed by atoms with Crippen LogP contribution in [-0.4, -0.2) is 37.6 Å². The molecule has 2 aromatic heterocycles. The van der Waals surface area contributed by atoms with Gasteiger partial charge in [0, 0.05) is 26.0 Å². The minimum Gasteiger partial charge on any atom is -0.341 e. The maximum atomic E-state index is 12.3. The fourth-order valence-electron chi connectivity index (χ4n) is 2.07. The molecule has 0 spiro atoms. The van der Waals surface area contributed by atoms with Gasteiger partial charge in [-0.2, -0.15) is 5.10 Å². The van der Waals surface area contributed by atoms with Crippen molar-refractivity contribution >= 4 is 5.91 Å². The molecular formula is C14H19N5O. The highest BCUT2D eigenvalue weighted by molar-refractivity contribution is 5.78. The summed E-state index contributed by atoms with van der Waals surface area (Å²) in [5, 5.41) is 4.02. The van der Waals surface area contributed by atoms with Crippen LogP contribution in [0, 0.1) is 12.8 Å². The number of rotatable bonds is 5. The molecule has 0 aromatic carbocycles. The van der Waals surface area contributed by atoms with E-state index in [1.54, 1.807) is 22.1 Å². The van der Waals surface area contributed by atoms with E-state index in [0.29, 0.717) is 13.1 Å². The first-order chi connectivity index (χ1) is 9.58. The van der Waals surface area contributed by atoms with Gasteiger partial charge in [-0.05, 0) is 24.1 Å². The molecule has 6 nitrogen and oxygen atoms in total. The summed E-state index contributed by atoms with van der Waals surface area (Å²) in [4.78, 5) is 22.0. The SMILES string of the molecule is Cc1cnccc1CN(C)C(=O)[C@H](C)Cn1cncn1. The molecule has 1 amide bonds. The number of nitrogens with zero attached hydrogens (tertiary/aromatic N) is 5. The minimum atomic E-state index is -0.135. The molecule has 20 heavy (non-hydrogen) atoms.